The van der Waals surface area contributed by atoms with Crippen LogP contribution < -0.4 is 0 Å². The Bertz CT molecular complexity index is 459. The molecule has 2 heterocycles. The Hall–Kier alpha value is -0.680. The first-order chi connectivity index (χ1) is 13.2. The van der Waals surface area contributed by atoms with E-state index < -0.39 is 0 Å². The van der Waals surface area contributed by atoms with Gasteiger partial charge in [0, 0.05) is 39.1 Å². The molecule has 3 rings (SSSR count). The zero-order chi connectivity index (χ0) is 19.5. The van der Waals surface area contributed by atoms with E-state index in [1.807, 2.05) is 19.9 Å². The summed E-state index contributed by atoms with van der Waals surface area (Å²) >= 11 is 0. The summed E-state index contributed by atoms with van der Waals surface area (Å²) in [6, 6.07) is 0. The SMILES string of the molecule is C=CCN(CCC1COC2(CC=C(CCC)CC2)O1)CC1CCCO1.CC. The van der Waals surface area contributed by atoms with Crippen molar-refractivity contribution in [3.8, 4) is 0 Å². The molecule has 156 valence electrons. The van der Waals surface area contributed by atoms with Crippen molar-refractivity contribution in [3.63, 3.8) is 0 Å². The standard InChI is InChI=1S/C21H35NO3.C2H6/c1-3-6-18-8-11-21(12-9-18)24-17-20(25-21)10-14-22(13-4-2)16-19-7-5-15-23-19;1-2/h4,8,19-20H,2-3,5-7,9-17H2,1H3;1-2H3. The summed E-state index contributed by atoms with van der Waals surface area (Å²) in [6.07, 6.45) is 13.9. The Labute approximate surface area is 166 Å². The van der Waals surface area contributed by atoms with Crippen molar-refractivity contribution in [1.82, 2.24) is 4.90 Å². The Kier molecular flexibility index (Phi) is 10.1. The quantitative estimate of drug-likeness (QED) is 0.522. The Morgan fingerprint density at radius 3 is 2.81 bits per heavy atom. The molecule has 1 aliphatic carbocycles. The van der Waals surface area contributed by atoms with E-state index in [2.05, 4.69) is 24.5 Å². The Morgan fingerprint density at radius 2 is 2.19 bits per heavy atom. The largest absolute Gasteiger partial charge is 0.377 e. The second-order valence-corrected chi connectivity index (χ2v) is 7.75. The molecule has 2 aliphatic heterocycles. The van der Waals surface area contributed by atoms with Crippen molar-refractivity contribution in [1.29, 1.82) is 0 Å². The maximum Gasteiger partial charge on any atom is 0.172 e. The third-order valence-corrected chi connectivity index (χ3v) is 5.65. The van der Waals surface area contributed by atoms with Crippen LogP contribution in [-0.2, 0) is 14.2 Å². The van der Waals surface area contributed by atoms with E-state index in [9.17, 15) is 0 Å². The molecule has 0 aromatic heterocycles. The lowest BCUT2D eigenvalue weighted by Crippen LogP contribution is -2.36. The number of hydrogen-bond donors (Lipinski definition) is 0. The first-order valence-corrected chi connectivity index (χ1v) is 11.2. The fraction of sp³-hybridized carbons (Fsp3) is 0.826. The lowest BCUT2D eigenvalue weighted by atomic mass is 9.92. The topological polar surface area (TPSA) is 30.9 Å². The molecule has 27 heavy (non-hydrogen) atoms. The predicted octanol–water partition coefficient (Wildman–Crippen LogP) is 5.09. The van der Waals surface area contributed by atoms with E-state index in [-0.39, 0.29) is 11.9 Å². The third-order valence-electron chi connectivity index (χ3n) is 5.65. The predicted molar refractivity (Wildman–Crippen MR) is 112 cm³/mol. The van der Waals surface area contributed by atoms with Gasteiger partial charge in [0.1, 0.15) is 0 Å². The minimum atomic E-state index is -0.334. The summed E-state index contributed by atoms with van der Waals surface area (Å²) in [5.41, 5.74) is 1.58. The van der Waals surface area contributed by atoms with Gasteiger partial charge >= 0.3 is 0 Å². The fourth-order valence-corrected chi connectivity index (χ4v) is 4.24. The highest BCUT2D eigenvalue weighted by atomic mass is 16.7. The zero-order valence-corrected chi connectivity index (χ0v) is 17.9. The van der Waals surface area contributed by atoms with Crippen LogP contribution in [0.2, 0.25) is 0 Å². The number of ether oxygens (including phenoxy) is 3. The van der Waals surface area contributed by atoms with E-state index in [1.165, 1.54) is 25.7 Å². The van der Waals surface area contributed by atoms with Crippen molar-refractivity contribution in [2.75, 3.05) is 32.8 Å². The average Bonchev–Trinajstić information content (AvgIpc) is 3.34. The maximum atomic E-state index is 6.36. The minimum absolute atomic E-state index is 0.220. The minimum Gasteiger partial charge on any atom is -0.377 e. The summed E-state index contributed by atoms with van der Waals surface area (Å²) in [5, 5.41) is 0. The molecule has 0 saturated carbocycles. The average molecular weight is 380 g/mol. The first-order valence-electron chi connectivity index (χ1n) is 11.2. The number of hydrogen-bond acceptors (Lipinski definition) is 4. The molecule has 0 radical (unpaired) electrons. The zero-order valence-electron chi connectivity index (χ0n) is 17.9. The monoisotopic (exact) mass is 379 g/mol. The van der Waals surface area contributed by atoms with Gasteiger partial charge in [-0.15, -0.1) is 6.58 Å². The summed E-state index contributed by atoms with van der Waals surface area (Å²) in [4.78, 5) is 2.44. The lowest BCUT2D eigenvalue weighted by Gasteiger charge is -2.31. The summed E-state index contributed by atoms with van der Waals surface area (Å²) in [6.45, 7) is 14.7. The highest BCUT2D eigenvalue weighted by molar-refractivity contribution is 5.09. The summed E-state index contributed by atoms with van der Waals surface area (Å²) in [7, 11) is 0. The highest BCUT2D eigenvalue weighted by Gasteiger charge is 2.41. The maximum absolute atomic E-state index is 6.36. The van der Waals surface area contributed by atoms with Crippen molar-refractivity contribution in [2.24, 2.45) is 0 Å². The van der Waals surface area contributed by atoms with E-state index in [0.717, 1.165) is 58.5 Å². The van der Waals surface area contributed by atoms with Gasteiger partial charge in [0.05, 0.1) is 18.8 Å². The van der Waals surface area contributed by atoms with Crippen LogP contribution in [0.25, 0.3) is 0 Å². The van der Waals surface area contributed by atoms with Crippen LogP contribution in [0.5, 0.6) is 0 Å². The van der Waals surface area contributed by atoms with Gasteiger partial charge < -0.3 is 14.2 Å². The van der Waals surface area contributed by atoms with Gasteiger partial charge in [0.25, 0.3) is 0 Å². The van der Waals surface area contributed by atoms with Crippen LogP contribution >= 0.6 is 0 Å². The Morgan fingerprint density at radius 1 is 1.33 bits per heavy atom. The molecule has 0 N–H and O–H groups in total. The van der Waals surface area contributed by atoms with Crippen LogP contribution in [-0.4, -0.2) is 55.7 Å². The summed E-state index contributed by atoms with van der Waals surface area (Å²) in [5.74, 6) is -0.334. The number of nitrogens with zero attached hydrogens (tertiary/aromatic N) is 1. The van der Waals surface area contributed by atoms with E-state index >= 15 is 0 Å². The molecule has 3 aliphatic rings. The molecule has 1 spiro atoms. The molecular weight excluding hydrogens is 338 g/mol. The number of rotatable bonds is 9. The molecule has 4 heteroatoms. The normalized spacial score (nSPS) is 30.3. The van der Waals surface area contributed by atoms with E-state index in [4.69, 9.17) is 14.2 Å². The van der Waals surface area contributed by atoms with E-state index in [1.54, 1.807) is 5.57 Å². The molecule has 2 saturated heterocycles. The van der Waals surface area contributed by atoms with Gasteiger partial charge in [-0.25, -0.2) is 0 Å². The molecule has 3 atom stereocenters. The smallest absolute Gasteiger partial charge is 0.172 e. The van der Waals surface area contributed by atoms with Crippen LogP contribution in [0, 0.1) is 0 Å². The van der Waals surface area contributed by atoms with Crippen molar-refractivity contribution >= 4 is 0 Å². The van der Waals surface area contributed by atoms with Crippen LogP contribution in [0.3, 0.4) is 0 Å². The van der Waals surface area contributed by atoms with Gasteiger partial charge in [-0.3, -0.25) is 4.90 Å². The second kappa shape index (κ2) is 12.0. The summed E-state index contributed by atoms with van der Waals surface area (Å²) < 4.78 is 18.3. The molecule has 0 bridgehead atoms. The van der Waals surface area contributed by atoms with Crippen molar-refractivity contribution in [2.45, 2.75) is 90.1 Å². The van der Waals surface area contributed by atoms with Crippen molar-refractivity contribution in [3.05, 3.63) is 24.3 Å². The van der Waals surface area contributed by atoms with Gasteiger partial charge in [-0.05, 0) is 32.1 Å². The Balaban J connectivity index is 0.00000126. The molecule has 0 aromatic rings. The lowest BCUT2D eigenvalue weighted by molar-refractivity contribution is -0.173. The fourth-order valence-electron chi connectivity index (χ4n) is 4.24. The molecular formula is C23H41NO3. The molecule has 0 aromatic carbocycles. The molecule has 4 nitrogen and oxygen atoms in total. The molecule has 3 unspecified atom stereocenters. The van der Waals surface area contributed by atoms with E-state index in [0.29, 0.717) is 6.10 Å². The van der Waals surface area contributed by atoms with Gasteiger partial charge in [-0.2, -0.15) is 0 Å². The van der Waals surface area contributed by atoms with Gasteiger partial charge in [0.15, 0.2) is 5.79 Å². The van der Waals surface area contributed by atoms with Crippen LogP contribution in [0.1, 0.15) is 72.1 Å². The van der Waals surface area contributed by atoms with Crippen LogP contribution in [0.4, 0.5) is 0 Å². The first kappa shape index (κ1) is 22.6. The van der Waals surface area contributed by atoms with Gasteiger partial charge in [0.2, 0.25) is 0 Å². The van der Waals surface area contributed by atoms with Gasteiger partial charge in [-0.1, -0.05) is 44.9 Å². The van der Waals surface area contributed by atoms with Crippen molar-refractivity contribution < 1.29 is 14.2 Å². The number of allylic oxidation sites excluding steroid dienone is 1. The second-order valence-electron chi connectivity index (χ2n) is 7.75. The highest BCUT2D eigenvalue weighted by Crippen LogP contribution is 2.38. The molecule has 2 fully saturated rings. The third kappa shape index (κ3) is 7.01. The molecule has 0 amide bonds. The van der Waals surface area contributed by atoms with Crippen LogP contribution in [0.15, 0.2) is 24.3 Å².